The minimum absolute atomic E-state index is 0.0355. The van der Waals surface area contributed by atoms with Crippen molar-refractivity contribution in [1.82, 2.24) is 9.55 Å². The van der Waals surface area contributed by atoms with Crippen LogP contribution in [0.1, 0.15) is 36.5 Å². The smallest absolute Gasteiger partial charge is 0.145 e. The molecular weight excluding hydrogens is 522 g/mol. The lowest BCUT2D eigenvalue weighted by Crippen LogP contribution is -2.28. The summed E-state index contributed by atoms with van der Waals surface area (Å²) in [6.07, 6.45) is 9.15. The van der Waals surface area contributed by atoms with Gasteiger partial charge in [0.2, 0.25) is 0 Å². The molecule has 3 aliphatic rings. The summed E-state index contributed by atoms with van der Waals surface area (Å²) in [5.41, 5.74) is 13.8. The lowest BCUT2D eigenvalue weighted by molar-refractivity contribution is 0.660. The standard InChI is InChI=1S/C40H31N3/c1-40(2)32-16-8-6-15-31(32)37-33(40)25-24-30-29-14-7-10-18-35(29)42(38(30)37)27-20-22-28(23-21-27)43-36-19-11-9-17-34(36)41-39(43)26-12-4-3-5-13-26/h3-25,29,35H,1-2H3. The summed E-state index contributed by atoms with van der Waals surface area (Å²) in [6, 6.07) is 42.0. The molecule has 2 unspecified atom stereocenters. The van der Waals surface area contributed by atoms with E-state index in [1.807, 2.05) is 0 Å². The van der Waals surface area contributed by atoms with Gasteiger partial charge in [0.15, 0.2) is 0 Å². The first-order chi connectivity index (χ1) is 21.1. The molecule has 6 aromatic rings. The lowest BCUT2D eigenvalue weighted by atomic mass is 9.81. The molecule has 206 valence electrons. The van der Waals surface area contributed by atoms with Gasteiger partial charge in [-0.2, -0.15) is 0 Å². The Morgan fingerprint density at radius 1 is 0.651 bits per heavy atom. The zero-order valence-electron chi connectivity index (χ0n) is 24.3. The predicted molar refractivity (Wildman–Crippen MR) is 177 cm³/mol. The van der Waals surface area contributed by atoms with E-state index >= 15 is 0 Å². The minimum Gasteiger partial charge on any atom is -0.333 e. The molecule has 0 amide bonds. The van der Waals surface area contributed by atoms with E-state index in [4.69, 9.17) is 4.98 Å². The summed E-state index contributed by atoms with van der Waals surface area (Å²) in [6.45, 7) is 4.73. The van der Waals surface area contributed by atoms with Gasteiger partial charge in [-0.3, -0.25) is 4.57 Å². The van der Waals surface area contributed by atoms with Crippen molar-refractivity contribution in [2.24, 2.45) is 0 Å². The van der Waals surface area contributed by atoms with Crippen LogP contribution in [0.15, 0.2) is 140 Å². The predicted octanol–water partition coefficient (Wildman–Crippen LogP) is 9.73. The van der Waals surface area contributed by atoms with Crippen molar-refractivity contribution in [3.8, 4) is 28.2 Å². The summed E-state index contributed by atoms with van der Waals surface area (Å²) >= 11 is 0. The Kier molecular flexibility index (Phi) is 5.07. The summed E-state index contributed by atoms with van der Waals surface area (Å²) in [4.78, 5) is 7.64. The first-order valence-corrected chi connectivity index (χ1v) is 15.2. The molecule has 2 aliphatic carbocycles. The Morgan fingerprint density at radius 3 is 2.23 bits per heavy atom. The normalized spacial score (nSPS) is 18.9. The maximum absolute atomic E-state index is 5.05. The third-order valence-electron chi connectivity index (χ3n) is 9.74. The molecule has 3 nitrogen and oxygen atoms in total. The second-order valence-corrected chi connectivity index (χ2v) is 12.4. The van der Waals surface area contributed by atoms with Gasteiger partial charge >= 0.3 is 0 Å². The number of imidazole rings is 1. The van der Waals surface area contributed by atoms with Gasteiger partial charge in [-0.05, 0) is 58.7 Å². The number of nitrogens with zero attached hydrogens (tertiary/aromatic N) is 3. The van der Waals surface area contributed by atoms with Crippen LogP contribution < -0.4 is 4.90 Å². The molecule has 0 bridgehead atoms. The van der Waals surface area contributed by atoms with Crippen molar-refractivity contribution < 1.29 is 0 Å². The van der Waals surface area contributed by atoms with Gasteiger partial charge in [0.05, 0.1) is 22.8 Å². The Balaban J connectivity index is 1.22. The lowest BCUT2D eigenvalue weighted by Gasteiger charge is -2.30. The van der Waals surface area contributed by atoms with Crippen LogP contribution in [0.3, 0.4) is 0 Å². The molecule has 2 atom stereocenters. The van der Waals surface area contributed by atoms with Crippen LogP contribution in [0.5, 0.6) is 0 Å². The monoisotopic (exact) mass is 553 g/mol. The van der Waals surface area contributed by atoms with Gasteiger partial charge in [-0.15, -0.1) is 0 Å². The molecule has 5 aromatic carbocycles. The molecule has 0 saturated carbocycles. The van der Waals surface area contributed by atoms with Gasteiger partial charge in [0, 0.05) is 33.8 Å². The number of anilines is 2. The number of aromatic nitrogens is 2. The zero-order chi connectivity index (χ0) is 28.7. The fourth-order valence-electron chi connectivity index (χ4n) is 7.73. The fourth-order valence-corrected chi connectivity index (χ4v) is 7.73. The van der Waals surface area contributed by atoms with Crippen molar-refractivity contribution in [1.29, 1.82) is 0 Å². The molecule has 2 heterocycles. The SMILES string of the molecule is CC1(C)c2ccccc2-c2c1ccc1c2N(c2ccc(-n3c(-c4ccccc4)nc4ccccc43)cc2)C2C=CC=CC12. The first-order valence-electron chi connectivity index (χ1n) is 15.2. The zero-order valence-corrected chi connectivity index (χ0v) is 24.3. The van der Waals surface area contributed by atoms with Crippen LogP contribution >= 0.6 is 0 Å². The average molecular weight is 554 g/mol. The quantitative estimate of drug-likeness (QED) is 0.217. The topological polar surface area (TPSA) is 21.1 Å². The van der Waals surface area contributed by atoms with Crippen molar-refractivity contribution in [3.05, 3.63) is 156 Å². The Labute approximate surface area is 252 Å². The first kappa shape index (κ1) is 24.4. The van der Waals surface area contributed by atoms with E-state index < -0.39 is 0 Å². The van der Waals surface area contributed by atoms with E-state index in [-0.39, 0.29) is 11.5 Å². The number of fused-ring (bicyclic) bond motifs is 8. The third-order valence-corrected chi connectivity index (χ3v) is 9.74. The van der Waals surface area contributed by atoms with E-state index in [1.165, 1.54) is 39.2 Å². The average Bonchev–Trinajstić information content (AvgIpc) is 3.68. The van der Waals surface area contributed by atoms with E-state index in [0.717, 1.165) is 28.1 Å². The fraction of sp³-hybridized carbons (Fsp3) is 0.125. The highest BCUT2D eigenvalue weighted by atomic mass is 15.2. The van der Waals surface area contributed by atoms with Crippen molar-refractivity contribution in [2.75, 3.05) is 4.90 Å². The Bertz CT molecular complexity index is 2110. The molecule has 0 spiro atoms. The number of benzene rings is 5. The molecule has 9 rings (SSSR count). The summed E-state index contributed by atoms with van der Waals surface area (Å²) in [5, 5.41) is 0. The number of rotatable bonds is 3. The number of hydrogen-bond acceptors (Lipinski definition) is 2. The van der Waals surface area contributed by atoms with E-state index in [2.05, 4.69) is 163 Å². The molecule has 1 aromatic heterocycles. The van der Waals surface area contributed by atoms with Gasteiger partial charge in [0.25, 0.3) is 0 Å². The number of hydrogen-bond donors (Lipinski definition) is 0. The largest absolute Gasteiger partial charge is 0.333 e. The second kappa shape index (κ2) is 8.92. The second-order valence-electron chi connectivity index (χ2n) is 12.4. The summed E-state index contributed by atoms with van der Waals surface area (Å²) in [7, 11) is 0. The molecular formula is C40H31N3. The Morgan fingerprint density at radius 2 is 1.37 bits per heavy atom. The van der Waals surface area contributed by atoms with Crippen LogP contribution in [0, 0.1) is 0 Å². The van der Waals surface area contributed by atoms with Crippen molar-refractivity contribution in [3.63, 3.8) is 0 Å². The van der Waals surface area contributed by atoms with Crippen molar-refractivity contribution in [2.45, 2.75) is 31.2 Å². The molecule has 0 fully saturated rings. The summed E-state index contributed by atoms with van der Waals surface area (Å²) in [5.74, 6) is 1.28. The van der Waals surface area contributed by atoms with Gasteiger partial charge < -0.3 is 4.90 Å². The molecule has 0 N–H and O–H groups in total. The van der Waals surface area contributed by atoms with Crippen LogP contribution in [0.25, 0.3) is 39.2 Å². The van der Waals surface area contributed by atoms with E-state index in [0.29, 0.717) is 5.92 Å². The highest BCUT2D eigenvalue weighted by Gasteiger charge is 2.44. The maximum Gasteiger partial charge on any atom is 0.145 e. The highest BCUT2D eigenvalue weighted by molar-refractivity contribution is 5.96. The van der Waals surface area contributed by atoms with Crippen LogP contribution in [0.4, 0.5) is 11.4 Å². The molecule has 1 aliphatic heterocycles. The molecule has 0 saturated heterocycles. The van der Waals surface area contributed by atoms with Crippen LogP contribution in [0.2, 0.25) is 0 Å². The third kappa shape index (κ3) is 3.39. The maximum atomic E-state index is 5.05. The van der Waals surface area contributed by atoms with Gasteiger partial charge in [-0.25, -0.2) is 4.98 Å². The molecule has 43 heavy (non-hydrogen) atoms. The van der Waals surface area contributed by atoms with E-state index in [9.17, 15) is 0 Å². The number of para-hydroxylation sites is 2. The van der Waals surface area contributed by atoms with Gasteiger partial charge in [-0.1, -0.05) is 117 Å². The van der Waals surface area contributed by atoms with Crippen LogP contribution in [-0.4, -0.2) is 15.6 Å². The highest BCUT2D eigenvalue weighted by Crippen LogP contribution is 2.59. The van der Waals surface area contributed by atoms with Gasteiger partial charge in [0.1, 0.15) is 5.82 Å². The Hall–Kier alpha value is -5.15. The summed E-state index contributed by atoms with van der Waals surface area (Å²) < 4.78 is 2.29. The van der Waals surface area contributed by atoms with Crippen LogP contribution in [-0.2, 0) is 5.41 Å². The number of allylic oxidation sites excluding steroid dienone is 2. The molecule has 3 heteroatoms. The minimum atomic E-state index is -0.0355. The molecule has 0 radical (unpaired) electrons. The van der Waals surface area contributed by atoms with Crippen molar-refractivity contribution >= 4 is 22.4 Å². The van der Waals surface area contributed by atoms with E-state index in [1.54, 1.807) is 0 Å².